The van der Waals surface area contributed by atoms with Gasteiger partial charge in [0.15, 0.2) is 0 Å². The maximum atomic E-state index is 3.94. The van der Waals surface area contributed by atoms with Crippen LogP contribution in [0.3, 0.4) is 0 Å². The molecule has 12 heavy (non-hydrogen) atoms. The Kier molecular flexibility index (Phi) is 1.91. The van der Waals surface area contributed by atoms with Gasteiger partial charge in [-0.25, -0.2) is 0 Å². The van der Waals surface area contributed by atoms with E-state index in [1.54, 1.807) is 0 Å². The highest BCUT2D eigenvalue weighted by Gasteiger charge is 2.20. The van der Waals surface area contributed by atoms with Crippen LogP contribution in [-0.4, -0.2) is 46.3 Å². The molecular weight excluding hydrogens is 156 g/mol. The van der Waals surface area contributed by atoms with Gasteiger partial charge in [0.25, 0.3) is 5.95 Å². The molecule has 1 aromatic rings. The lowest BCUT2D eigenvalue weighted by Crippen LogP contribution is -2.50. The van der Waals surface area contributed by atoms with Gasteiger partial charge in [-0.1, -0.05) is 5.10 Å². The SMILES string of the molecule is CC1CNCCN1c1nn[nH]n1. The molecule has 0 aromatic carbocycles. The first-order chi connectivity index (χ1) is 5.88. The quantitative estimate of drug-likeness (QED) is 0.562. The van der Waals surface area contributed by atoms with Gasteiger partial charge in [-0.05, 0) is 12.1 Å². The van der Waals surface area contributed by atoms with Crippen molar-refractivity contribution in [1.29, 1.82) is 0 Å². The summed E-state index contributed by atoms with van der Waals surface area (Å²) >= 11 is 0. The van der Waals surface area contributed by atoms with Crippen LogP contribution in [0.5, 0.6) is 0 Å². The van der Waals surface area contributed by atoms with Gasteiger partial charge in [0.05, 0.1) is 0 Å². The molecule has 2 heterocycles. The van der Waals surface area contributed by atoms with Crippen LogP contribution in [0.2, 0.25) is 0 Å². The minimum atomic E-state index is 0.441. The van der Waals surface area contributed by atoms with Crippen LogP contribution < -0.4 is 10.2 Å². The summed E-state index contributed by atoms with van der Waals surface area (Å²) in [6, 6.07) is 0.441. The zero-order valence-electron chi connectivity index (χ0n) is 6.99. The molecule has 1 unspecified atom stereocenters. The van der Waals surface area contributed by atoms with E-state index in [4.69, 9.17) is 0 Å². The van der Waals surface area contributed by atoms with Crippen molar-refractivity contribution in [3.63, 3.8) is 0 Å². The molecule has 0 spiro atoms. The monoisotopic (exact) mass is 168 g/mol. The van der Waals surface area contributed by atoms with E-state index >= 15 is 0 Å². The molecule has 2 N–H and O–H groups in total. The van der Waals surface area contributed by atoms with E-state index in [-0.39, 0.29) is 0 Å². The first-order valence-corrected chi connectivity index (χ1v) is 4.09. The topological polar surface area (TPSA) is 69.7 Å². The summed E-state index contributed by atoms with van der Waals surface area (Å²) in [5.41, 5.74) is 0. The van der Waals surface area contributed by atoms with Crippen molar-refractivity contribution in [1.82, 2.24) is 25.9 Å². The van der Waals surface area contributed by atoms with Crippen molar-refractivity contribution in [3.05, 3.63) is 0 Å². The molecule has 1 aliphatic rings. The van der Waals surface area contributed by atoms with Crippen molar-refractivity contribution < 1.29 is 0 Å². The summed E-state index contributed by atoms with van der Waals surface area (Å²) in [6.07, 6.45) is 0. The lowest BCUT2D eigenvalue weighted by Gasteiger charge is -2.32. The second kappa shape index (κ2) is 3.06. The Morgan fingerprint density at radius 1 is 1.58 bits per heavy atom. The predicted molar refractivity (Wildman–Crippen MR) is 43.9 cm³/mol. The number of piperazine rings is 1. The average molecular weight is 168 g/mol. The Bertz CT molecular complexity index is 232. The minimum absolute atomic E-state index is 0.441. The third kappa shape index (κ3) is 1.25. The van der Waals surface area contributed by atoms with Crippen molar-refractivity contribution >= 4 is 5.95 Å². The zero-order valence-corrected chi connectivity index (χ0v) is 6.99. The maximum absolute atomic E-state index is 3.94. The van der Waals surface area contributed by atoms with Gasteiger partial charge >= 0.3 is 0 Å². The Labute approximate surface area is 70.3 Å². The third-order valence-electron chi connectivity index (χ3n) is 2.09. The van der Waals surface area contributed by atoms with E-state index in [0.29, 0.717) is 12.0 Å². The number of aromatic amines is 1. The molecule has 6 heteroatoms. The third-order valence-corrected chi connectivity index (χ3v) is 2.09. The Morgan fingerprint density at radius 3 is 3.17 bits per heavy atom. The number of hydrogen-bond acceptors (Lipinski definition) is 5. The maximum Gasteiger partial charge on any atom is 0.266 e. The van der Waals surface area contributed by atoms with E-state index < -0.39 is 0 Å². The van der Waals surface area contributed by atoms with Crippen LogP contribution in [0.15, 0.2) is 0 Å². The molecule has 0 radical (unpaired) electrons. The van der Waals surface area contributed by atoms with Gasteiger partial charge < -0.3 is 10.2 Å². The molecule has 6 nitrogen and oxygen atoms in total. The predicted octanol–water partition coefficient (Wildman–Crippen LogP) is -1.00. The highest BCUT2D eigenvalue weighted by molar-refractivity contribution is 5.29. The molecule has 1 aromatic heterocycles. The van der Waals surface area contributed by atoms with Gasteiger partial charge in [-0.15, -0.1) is 5.10 Å². The lowest BCUT2D eigenvalue weighted by atomic mass is 10.2. The summed E-state index contributed by atoms with van der Waals surface area (Å²) in [4.78, 5) is 2.14. The van der Waals surface area contributed by atoms with Gasteiger partial charge in [0.1, 0.15) is 0 Å². The molecule has 1 saturated heterocycles. The number of anilines is 1. The number of rotatable bonds is 1. The number of tetrazole rings is 1. The van der Waals surface area contributed by atoms with Crippen LogP contribution in [-0.2, 0) is 0 Å². The fourth-order valence-electron chi connectivity index (χ4n) is 1.42. The summed E-state index contributed by atoms with van der Waals surface area (Å²) in [5, 5.41) is 17.2. The summed E-state index contributed by atoms with van der Waals surface area (Å²) in [5.74, 6) is 0.698. The molecule has 0 amide bonds. The lowest BCUT2D eigenvalue weighted by molar-refractivity contribution is 0.493. The fourth-order valence-corrected chi connectivity index (χ4v) is 1.42. The van der Waals surface area contributed by atoms with Crippen molar-refractivity contribution in [2.75, 3.05) is 24.5 Å². The normalized spacial score (nSPS) is 24.4. The van der Waals surface area contributed by atoms with E-state index in [2.05, 4.69) is 37.8 Å². The second-order valence-corrected chi connectivity index (χ2v) is 2.96. The Balaban J connectivity index is 2.11. The molecule has 1 atom stereocenters. The molecular formula is C6H12N6. The first-order valence-electron chi connectivity index (χ1n) is 4.09. The summed E-state index contributed by atoms with van der Waals surface area (Å²) in [6.45, 7) is 5.05. The molecule has 0 bridgehead atoms. The standard InChI is InChI=1S/C6H12N6/c1-5-4-7-2-3-12(5)6-8-10-11-9-6/h5,7H,2-4H2,1H3,(H,8,9,10,11). The largest absolute Gasteiger partial charge is 0.333 e. The van der Waals surface area contributed by atoms with Crippen LogP contribution >= 0.6 is 0 Å². The summed E-state index contributed by atoms with van der Waals surface area (Å²) in [7, 11) is 0. The van der Waals surface area contributed by atoms with Crippen molar-refractivity contribution in [2.45, 2.75) is 13.0 Å². The number of hydrogen-bond donors (Lipinski definition) is 2. The van der Waals surface area contributed by atoms with Crippen LogP contribution in [0.1, 0.15) is 6.92 Å². The number of aromatic nitrogens is 4. The molecule has 2 rings (SSSR count). The van der Waals surface area contributed by atoms with Gasteiger partial charge in [0.2, 0.25) is 0 Å². The van der Waals surface area contributed by atoms with E-state index in [1.165, 1.54) is 0 Å². The second-order valence-electron chi connectivity index (χ2n) is 2.96. The van der Waals surface area contributed by atoms with E-state index in [1.807, 2.05) is 0 Å². The number of nitrogens with zero attached hydrogens (tertiary/aromatic N) is 4. The molecule has 66 valence electrons. The van der Waals surface area contributed by atoms with Crippen LogP contribution in [0.4, 0.5) is 5.95 Å². The molecule has 0 saturated carbocycles. The minimum Gasteiger partial charge on any atom is -0.333 e. The fraction of sp³-hybridized carbons (Fsp3) is 0.833. The van der Waals surface area contributed by atoms with E-state index in [0.717, 1.165) is 19.6 Å². The van der Waals surface area contributed by atoms with Gasteiger partial charge in [0, 0.05) is 25.7 Å². The number of H-pyrrole nitrogens is 1. The van der Waals surface area contributed by atoms with Crippen LogP contribution in [0.25, 0.3) is 0 Å². The van der Waals surface area contributed by atoms with Gasteiger partial charge in [-0.2, -0.15) is 5.21 Å². The highest BCUT2D eigenvalue weighted by Crippen LogP contribution is 2.09. The zero-order chi connectivity index (χ0) is 8.39. The first kappa shape index (κ1) is 7.48. The van der Waals surface area contributed by atoms with E-state index in [9.17, 15) is 0 Å². The van der Waals surface area contributed by atoms with Crippen molar-refractivity contribution in [3.8, 4) is 0 Å². The van der Waals surface area contributed by atoms with Crippen molar-refractivity contribution in [2.24, 2.45) is 0 Å². The summed E-state index contributed by atoms with van der Waals surface area (Å²) < 4.78 is 0. The average Bonchev–Trinajstić information content (AvgIpc) is 2.57. The smallest absolute Gasteiger partial charge is 0.266 e. The Hall–Kier alpha value is -1.17. The highest BCUT2D eigenvalue weighted by atomic mass is 15.5. The van der Waals surface area contributed by atoms with Gasteiger partial charge in [-0.3, -0.25) is 0 Å². The molecule has 1 aliphatic heterocycles. The van der Waals surface area contributed by atoms with Crippen LogP contribution in [0, 0.1) is 0 Å². The molecule has 0 aliphatic carbocycles. The Morgan fingerprint density at radius 2 is 2.50 bits per heavy atom. The number of nitrogens with one attached hydrogen (secondary N) is 2. The molecule has 1 fully saturated rings.